The minimum atomic E-state index is -6.20. The zero-order valence-corrected chi connectivity index (χ0v) is 37.7. The molecule has 6 aromatic rings. The van der Waals surface area contributed by atoms with Gasteiger partial charge in [-0.2, -0.15) is 43.9 Å². The number of rotatable bonds is 12. The summed E-state index contributed by atoms with van der Waals surface area (Å²) in [5, 5.41) is 0. The largest absolute Gasteiger partial charge is 0.598 e. The molecule has 1 aromatic heterocycles. The Kier molecular flexibility index (Phi) is 13.1. The Labute approximate surface area is 383 Å². The first-order chi connectivity index (χ1) is 31.2. The van der Waals surface area contributed by atoms with Crippen LogP contribution in [0, 0.1) is 6.92 Å². The van der Waals surface area contributed by atoms with Crippen LogP contribution in [0.4, 0.5) is 43.9 Å². The Hall–Kier alpha value is -5.93. The topological polar surface area (TPSA) is 35.8 Å². The van der Waals surface area contributed by atoms with Crippen LogP contribution in [0.1, 0.15) is 86.2 Å². The molecule has 0 fully saturated rings. The second kappa shape index (κ2) is 17.9. The Bertz CT molecular complexity index is 2750. The summed E-state index contributed by atoms with van der Waals surface area (Å²) < 4.78 is 154. The molecule has 5 aromatic carbocycles. The van der Waals surface area contributed by atoms with Gasteiger partial charge in [0.15, 0.2) is 0 Å². The van der Waals surface area contributed by atoms with Gasteiger partial charge in [-0.05, 0) is 51.6 Å². The fourth-order valence-corrected chi connectivity index (χ4v) is 7.69. The molecule has 0 unspecified atom stereocenters. The Morgan fingerprint density at radius 3 is 1.45 bits per heavy atom. The number of aryl methyl sites for hydroxylation is 1. The minimum absolute atomic E-state index is 0.0379. The normalized spacial score (nSPS) is 14.6. The summed E-state index contributed by atoms with van der Waals surface area (Å²) in [5.74, 6) is -11.2. The lowest BCUT2D eigenvalue weighted by atomic mass is 9.85. The monoisotopic (exact) mass is 932 g/mol. The van der Waals surface area contributed by atoms with Gasteiger partial charge in [-0.25, -0.2) is 4.99 Å². The number of halogens is 10. The van der Waals surface area contributed by atoms with Crippen molar-refractivity contribution < 1.29 is 53.2 Å². The van der Waals surface area contributed by atoms with Crippen molar-refractivity contribution in [3.8, 4) is 22.4 Å². The summed E-state index contributed by atoms with van der Waals surface area (Å²) in [6.45, 7) is 8.73. The van der Waals surface area contributed by atoms with E-state index in [4.69, 9.17) is 14.3 Å². The zero-order chi connectivity index (χ0) is 48.9. The maximum Gasteiger partial charge on any atom is 0.598 e. The molecule has 2 heterocycles. The van der Waals surface area contributed by atoms with Gasteiger partial charge in [0, 0.05) is 33.5 Å². The molecule has 67 heavy (non-hydrogen) atoms. The number of aliphatic imine (C=N–C) groups is 1. The molecule has 1 aliphatic heterocycles. The summed E-state index contributed by atoms with van der Waals surface area (Å²) in [4.78, 5) is 5.21. The van der Waals surface area contributed by atoms with Crippen LogP contribution in [-0.2, 0) is 20.1 Å². The van der Waals surface area contributed by atoms with E-state index in [2.05, 4.69) is 0 Å². The third-order valence-corrected chi connectivity index (χ3v) is 11.5. The molecular weight excluding hydrogens is 885 g/mol. The third-order valence-electron chi connectivity index (χ3n) is 11.5. The molecule has 4 nitrogen and oxygen atoms in total. The van der Waals surface area contributed by atoms with Gasteiger partial charge < -0.3 is 13.8 Å². The molecule has 15 heteroatoms. The number of nitrogens with zero attached hydrogens (tertiary/aromatic N) is 2. The van der Waals surface area contributed by atoms with Crippen molar-refractivity contribution in [2.24, 2.45) is 4.99 Å². The highest BCUT2D eigenvalue weighted by Gasteiger charge is 2.60. The van der Waals surface area contributed by atoms with Gasteiger partial charge in [-0.3, -0.25) is 0 Å². The molecule has 0 bridgehead atoms. The van der Waals surface area contributed by atoms with Gasteiger partial charge in [-0.15, -0.1) is 0 Å². The van der Waals surface area contributed by atoms with Gasteiger partial charge in [0.2, 0.25) is 0 Å². The van der Waals surface area contributed by atoms with Crippen LogP contribution in [0.15, 0.2) is 138 Å². The van der Waals surface area contributed by atoms with Crippen molar-refractivity contribution in [3.05, 3.63) is 178 Å². The van der Waals surface area contributed by atoms with Gasteiger partial charge in [0.25, 0.3) is 0 Å². The fourth-order valence-electron chi connectivity index (χ4n) is 7.69. The van der Waals surface area contributed by atoms with E-state index in [0.29, 0.717) is 33.5 Å². The lowest BCUT2D eigenvalue weighted by molar-refractivity contribution is -0.295. The number of fused-ring (bicyclic) bond motifs is 1. The molecule has 0 aliphatic carbocycles. The predicted octanol–water partition coefficient (Wildman–Crippen LogP) is 14.8. The first-order valence-corrected chi connectivity index (χ1v) is 21.3. The summed E-state index contributed by atoms with van der Waals surface area (Å²) in [6, 6.07) is 38.8. The lowest BCUT2D eigenvalue weighted by Gasteiger charge is -2.28. The average Bonchev–Trinajstić information content (AvgIpc) is 3.83. The molecule has 0 atom stereocenters. The number of hydrogen-bond acceptors (Lipinski definition) is 3. The highest BCUT2D eigenvalue weighted by Crippen LogP contribution is 2.47. The molecule has 0 radical (unpaired) electrons. The van der Waals surface area contributed by atoms with E-state index in [1.54, 1.807) is 91.0 Å². The molecule has 0 saturated carbocycles. The quantitative estimate of drug-likeness (QED) is 0.0905. The van der Waals surface area contributed by atoms with E-state index >= 15 is 0 Å². The fraction of sp³-hybridized carbons (Fsp3) is 0.288. The van der Waals surface area contributed by atoms with Crippen molar-refractivity contribution in [3.63, 3.8) is 0 Å². The van der Waals surface area contributed by atoms with Crippen LogP contribution < -0.4 is 0 Å². The standard InChI is InChI=1S/C52H47BF10N2O2/c1-32-17-19-36(20-18-32)44-39-15-11-12-16-40(39)45(64-44)43(35-13-9-8-10-14-35)46-41(33-21-25-37(26-22-33)47(2,3)4)29-42(34-23-27-38(28-24-34)48(5,6)7)65(46)53(66-30-49(54,55)51(58,59)60)67-31-50(56,57)52(61,62)63/h8-29H,30-31H2,1-7H3/b45-43-. The van der Waals surface area contributed by atoms with Crippen molar-refractivity contribution >= 4 is 24.2 Å². The number of alkyl halides is 10. The average molecular weight is 933 g/mol. The molecule has 7 rings (SSSR count). The summed E-state index contributed by atoms with van der Waals surface area (Å²) >= 11 is 0. The summed E-state index contributed by atoms with van der Waals surface area (Å²) in [7, 11) is -2.77. The molecule has 0 saturated heterocycles. The van der Waals surface area contributed by atoms with Crippen LogP contribution in [0.5, 0.6) is 0 Å². The Morgan fingerprint density at radius 2 is 0.970 bits per heavy atom. The summed E-state index contributed by atoms with van der Waals surface area (Å²) in [6.07, 6.45) is -12.4. The van der Waals surface area contributed by atoms with E-state index in [0.717, 1.165) is 21.2 Å². The Balaban J connectivity index is 1.66. The molecule has 0 amide bonds. The van der Waals surface area contributed by atoms with E-state index in [9.17, 15) is 43.9 Å². The van der Waals surface area contributed by atoms with Gasteiger partial charge in [0.05, 0.1) is 17.1 Å². The Morgan fingerprint density at radius 1 is 0.522 bits per heavy atom. The van der Waals surface area contributed by atoms with Crippen molar-refractivity contribution in [1.82, 2.24) is 4.48 Å². The smallest absolute Gasteiger partial charge is 0.385 e. The highest BCUT2D eigenvalue weighted by atomic mass is 19.4. The molecule has 0 N–H and O–H groups in total. The van der Waals surface area contributed by atoms with Gasteiger partial charge in [-0.1, -0.05) is 174 Å². The van der Waals surface area contributed by atoms with Crippen LogP contribution in [0.2, 0.25) is 0 Å². The minimum Gasteiger partial charge on any atom is -0.385 e. The van der Waals surface area contributed by atoms with E-state index < -0.39 is 44.7 Å². The molecular formula is C52H47BF10N2O2. The SMILES string of the molecule is Cc1ccc(C2=N/C(=C(/c3ccccc3)c3c(-c4ccc(C(C)(C)C)cc4)cc(-c4ccc(C(C)(C)C)cc4)n3B(OCC(F)(F)C(F)(F)F)OCC(F)(F)C(F)(F)F)c3ccccc32)cc1. The van der Waals surface area contributed by atoms with Gasteiger partial charge in [0.1, 0.15) is 13.2 Å². The lowest BCUT2D eigenvalue weighted by Crippen LogP contribution is -2.48. The second-order valence-corrected chi connectivity index (χ2v) is 18.6. The highest BCUT2D eigenvalue weighted by molar-refractivity contribution is 6.44. The maximum atomic E-state index is 14.9. The van der Waals surface area contributed by atoms with Crippen molar-refractivity contribution in [2.45, 2.75) is 83.5 Å². The molecule has 1 aliphatic rings. The van der Waals surface area contributed by atoms with Crippen molar-refractivity contribution in [2.75, 3.05) is 13.2 Å². The van der Waals surface area contributed by atoms with E-state index in [1.165, 1.54) is 0 Å². The maximum absolute atomic E-state index is 14.9. The molecule has 0 spiro atoms. The summed E-state index contributed by atoms with van der Waals surface area (Å²) in [5.41, 5.74) is 6.20. The predicted molar refractivity (Wildman–Crippen MR) is 243 cm³/mol. The number of hydrogen-bond donors (Lipinski definition) is 0. The van der Waals surface area contributed by atoms with Crippen LogP contribution in [0.3, 0.4) is 0 Å². The second-order valence-electron chi connectivity index (χ2n) is 18.6. The molecule has 350 valence electrons. The van der Waals surface area contributed by atoms with Crippen LogP contribution >= 0.6 is 0 Å². The number of aromatic nitrogens is 1. The van der Waals surface area contributed by atoms with Crippen molar-refractivity contribution in [1.29, 1.82) is 0 Å². The van der Waals surface area contributed by atoms with E-state index in [1.807, 2.05) is 90.9 Å². The van der Waals surface area contributed by atoms with Crippen LogP contribution in [-0.4, -0.2) is 54.9 Å². The number of benzene rings is 5. The van der Waals surface area contributed by atoms with Gasteiger partial charge >= 0.3 is 31.5 Å². The first-order valence-electron chi connectivity index (χ1n) is 21.3. The third kappa shape index (κ3) is 10.2. The van der Waals surface area contributed by atoms with E-state index in [-0.39, 0.29) is 44.6 Å². The first kappa shape index (κ1) is 49.0. The zero-order valence-electron chi connectivity index (χ0n) is 37.7. The van der Waals surface area contributed by atoms with Crippen LogP contribution in [0.25, 0.3) is 33.7 Å².